The van der Waals surface area contributed by atoms with Crippen LogP contribution < -0.4 is 0 Å². The minimum atomic E-state index is -0.415. The van der Waals surface area contributed by atoms with Crippen molar-refractivity contribution in [1.29, 1.82) is 0 Å². The molecule has 0 N–H and O–H groups in total. The first-order valence-electron chi connectivity index (χ1n) is 5.10. The number of carbonyl (C=O) groups excluding carboxylic acids is 1. The quantitative estimate of drug-likeness (QED) is 0.239. The molecule has 0 unspecified atom stereocenters. The number of carbonyl (C=O) groups is 1. The molecule has 17 heavy (non-hydrogen) atoms. The van der Waals surface area contributed by atoms with Crippen LogP contribution in [0, 0.1) is 0 Å². The molecule has 0 fully saturated rings. The first kappa shape index (κ1) is 12.8. The van der Waals surface area contributed by atoms with Crippen molar-refractivity contribution in [3.8, 4) is 0 Å². The van der Waals surface area contributed by atoms with Crippen molar-refractivity contribution in [2.75, 3.05) is 13.2 Å². The van der Waals surface area contributed by atoms with E-state index in [-0.39, 0.29) is 6.61 Å². The van der Waals surface area contributed by atoms with Crippen LogP contribution in [0.4, 0.5) is 0 Å². The van der Waals surface area contributed by atoms with Gasteiger partial charge in [-0.3, -0.25) is 0 Å². The fourth-order valence-corrected chi connectivity index (χ4v) is 0.992. The normalized spacial score (nSPS) is 10.8. The van der Waals surface area contributed by atoms with Gasteiger partial charge in [-0.25, -0.2) is 4.79 Å². The van der Waals surface area contributed by atoms with E-state index in [0.29, 0.717) is 6.61 Å². The van der Waals surface area contributed by atoms with E-state index in [1.807, 2.05) is 6.07 Å². The van der Waals surface area contributed by atoms with Crippen LogP contribution >= 0.6 is 0 Å². The summed E-state index contributed by atoms with van der Waals surface area (Å²) >= 11 is 0. The highest BCUT2D eigenvalue weighted by molar-refractivity contribution is 5.82. The van der Waals surface area contributed by atoms with Crippen molar-refractivity contribution in [3.05, 3.63) is 55.2 Å². The smallest absolute Gasteiger partial charge is 0.330 e. The molecule has 90 valence electrons. The maximum absolute atomic E-state index is 11.1. The van der Waals surface area contributed by atoms with E-state index in [2.05, 4.69) is 6.58 Å². The highest BCUT2D eigenvalue weighted by Gasteiger charge is 1.94. The van der Waals surface area contributed by atoms with Gasteiger partial charge in [-0.2, -0.15) is 0 Å². The van der Waals surface area contributed by atoms with Gasteiger partial charge < -0.3 is 13.9 Å². The van der Waals surface area contributed by atoms with E-state index in [4.69, 9.17) is 13.9 Å². The van der Waals surface area contributed by atoms with E-state index in [1.165, 1.54) is 12.3 Å². The Hall–Kier alpha value is -2.23. The van der Waals surface area contributed by atoms with E-state index in [0.717, 1.165) is 5.76 Å². The molecule has 0 aliphatic rings. The molecular formula is C13H14O4. The Labute approximate surface area is 99.8 Å². The van der Waals surface area contributed by atoms with Crippen molar-refractivity contribution < 1.29 is 18.7 Å². The molecule has 0 aliphatic heterocycles. The molecule has 1 aromatic rings. The van der Waals surface area contributed by atoms with Gasteiger partial charge >= 0.3 is 5.97 Å². The molecule has 0 amide bonds. The Bertz CT molecular complexity index is 388. The van der Waals surface area contributed by atoms with Crippen molar-refractivity contribution in [3.63, 3.8) is 0 Å². The van der Waals surface area contributed by atoms with Gasteiger partial charge in [-0.15, -0.1) is 0 Å². The summed E-state index contributed by atoms with van der Waals surface area (Å²) in [5, 5.41) is 0. The minimum absolute atomic E-state index is 0.205. The number of hydrogen-bond acceptors (Lipinski definition) is 4. The lowest BCUT2D eigenvalue weighted by Gasteiger charge is -2.00. The predicted octanol–water partition coefficient (Wildman–Crippen LogP) is 2.55. The molecule has 1 rings (SSSR count). The van der Waals surface area contributed by atoms with Gasteiger partial charge in [0.15, 0.2) is 0 Å². The Morgan fingerprint density at radius 2 is 2.29 bits per heavy atom. The summed E-state index contributed by atoms with van der Waals surface area (Å²) in [7, 11) is 0. The molecule has 0 atom stereocenters. The molecule has 0 aliphatic carbocycles. The van der Waals surface area contributed by atoms with E-state index in [9.17, 15) is 4.79 Å². The van der Waals surface area contributed by atoms with E-state index in [1.54, 1.807) is 30.6 Å². The summed E-state index contributed by atoms with van der Waals surface area (Å²) in [6.45, 7) is 3.88. The summed E-state index contributed by atoms with van der Waals surface area (Å²) in [6, 6.07) is 3.60. The Kier molecular flexibility index (Phi) is 6.03. The molecular weight excluding hydrogens is 220 g/mol. The Balaban J connectivity index is 2.19. The van der Waals surface area contributed by atoms with Crippen LogP contribution in [0.5, 0.6) is 0 Å². The number of allylic oxidation sites excluding steroid dienone is 2. The lowest BCUT2D eigenvalue weighted by molar-refractivity contribution is -0.138. The maximum Gasteiger partial charge on any atom is 0.330 e. The highest BCUT2D eigenvalue weighted by atomic mass is 16.6. The summed E-state index contributed by atoms with van der Waals surface area (Å²) < 4.78 is 14.7. The van der Waals surface area contributed by atoms with Crippen LogP contribution in [-0.2, 0) is 14.3 Å². The lowest BCUT2D eigenvalue weighted by atomic mass is 10.4. The van der Waals surface area contributed by atoms with Crippen LogP contribution in [0.3, 0.4) is 0 Å². The van der Waals surface area contributed by atoms with Gasteiger partial charge in [0.25, 0.3) is 0 Å². The molecule has 4 heteroatoms. The van der Waals surface area contributed by atoms with Gasteiger partial charge in [0.1, 0.15) is 19.0 Å². The number of rotatable bonds is 7. The van der Waals surface area contributed by atoms with Crippen LogP contribution in [0.1, 0.15) is 5.76 Å². The fourth-order valence-electron chi connectivity index (χ4n) is 0.992. The molecule has 0 spiro atoms. The summed E-state index contributed by atoms with van der Waals surface area (Å²) in [5.74, 6) is 0.309. The van der Waals surface area contributed by atoms with Crippen molar-refractivity contribution >= 4 is 12.0 Å². The molecule has 0 saturated carbocycles. The molecule has 4 nitrogen and oxygen atoms in total. The molecule has 1 heterocycles. The number of esters is 1. The van der Waals surface area contributed by atoms with Crippen molar-refractivity contribution in [1.82, 2.24) is 0 Å². The standard InChI is InChI=1S/C13H14O4/c1-2-15-10-11-17-13(14)8-4-3-6-12-7-5-9-16-12/h2-9H,1,10-11H2. The monoisotopic (exact) mass is 234 g/mol. The van der Waals surface area contributed by atoms with Crippen LogP contribution in [0.15, 0.2) is 53.9 Å². The van der Waals surface area contributed by atoms with Gasteiger partial charge in [-0.1, -0.05) is 18.7 Å². The maximum atomic E-state index is 11.1. The first-order chi connectivity index (χ1) is 8.33. The van der Waals surface area contributed by atoms with Gasteiger partial charge in [-0.05, 0) is 18.2 Å². The Morgan fingerprint density at radius 3 is 3.00 bits per heavy atom. The summed E-state index contributed by atoms with van der Waals surface area (Å²) in [5.41, 5.74) is 0. The third kappa shape index (κ3) is 6.04. The minimum Gasteiger partial charge on any atom is -0.498 e. The van der Waals surface area contributed by atoms with E-state index < -0.39 is 5.97 Å². The third-order valence-corrected chi connectivity index (χ3v) is 1.71. The summed E-state index contributed by atoms with van der Waals surface area (Å²) in [4.78, 5) is 11.1. The molecule has 0 bridgehead atoms. The summed E-state index contributed by atoms with van der Waals surface area (Å²) in [6.07, 6.45) is 9.23. The first-order valence-corrected chi connectivity index (χ1v) is 5.10. The Morgan fingerprint density at radius 1 is 1.41 bits per heavy atom. The largest absolute Gasteiger partial charge is 0.498 e. The molecule has 1 aromatic heterocycles. The number of hydrogen-bond donors (Lipinski definition) is 0. The number of ether oxygens (including phenoxy) is 2. The van der Waals surface area contributed by atoms with Crippen molar-refractivity contribution in [2.24, 2.45) is 0 Å². The second-order valence-electron chi connectivity index (χ2n) is 2.94. The molecule has 0 saturated heterocycles. The van der Waals surface area contributed by atoms with Crippen LogP contribution in [0.25, 0.3) is 6.08 Å². The average molecular weight is 234 g/mol. The third-order valence-electron chi connectivity index (χ3n) is 1.71. The van der Waals surface area contributed by atoms with E-state index >= 15 is 0 Å². The number of furan rings is 1. The molecule has 0 aromatic carbocycles. The van der Waals surface area contributed by atoms with Crippen LogP contribution in [-0.4, -0.2) is 19.2 Å². The van der Waals surface area contributed by atoms with Gasteiger partial charge in [0.05, 0.1) is 12.5 Å². The SMILES string of the molecule is C=COCCOC(=O)C=CC=Cc1ccco1. The van der Waals surface area contributed by atoms with Gasteiger partial charge in [0.2, 0.25) is 0 Å². The molecule has 0 radical (unpaired) electrons. The topological polar surface area (TPSA) is 48.7 Å². The fraction of sp³-hybridized carbons (Fsp3) is 0.154. The highest BCUT2D eigenvalue weighted by Crippen LogP contribution is 2.01. The second-order valence-corrected chi connectivity index (χ2v) is 2.94. The lowest BCUT2D eigenvalue weighted by Crippen LogP contribution is -2.06. The zero-order valence-electron chi connectivity index (χ0n) is 9.37. The van der Waals surface area contributed by atoms with Crippen LogP contribution in [0.2, 0.25) is 0 Å². The van der Waals surface area contributed by atoms with Gasteiger partial charge in [0, 0.05) is 6.08 Å². The predicted molar refractivity (Wildman–Crippen MR) is 64.0 cm³/mol. The zero-order valence-corrected chi connectivity index (χ0v) is 9.37. The van der Waals surface area contributed by atoms with Crippen molar-refractivity contribution in [2.45, 2.75) is 0 Å². The average Bonchev–Trinajstić information content (AvgIpc) is 2.83. The zero-order chi connectivity index (χ0) is 12.3. The second kappa shape index (κ2) is 7.98.